The largest absolute Gasteiger partial charge is 0.481 e. The molecule has 4 heteroatoms. The molecule has 136 valence electrons. The number of pyridine rings is 1. The van der Waals surface area contributed by atoms with Crippen molar-refractivity contribution in [3.8, 4) is 0 Å². The maximum absolute atomic E-state index is 10.8. The number of likely N-dealkylation sites (tertiary alicyclic amines) is 1. The van der Waals surface area contributed by atoms with E-state index in [1.165, 1.54) is 18.4 Å². The van der Waals surface area contributed by atoms with Crippen molar-refractivity contribution in [1.29, 1.82) is 0 Å². The molecule has 1 aliphatic rings. The molecule has 0 spiro atoms. The van der Waals surface area contributed by atoms with Crippen LogP contribution >= 0.6 is 0 Å². The minimum absolute atomic E-state index is 0.105. The minimum atomic E-state index is -0.791. The van der Waals surface area contributed by atoms with Gasteiger partial charge in [-0.15, -0.1) is 0 Å². The molecule has 0 radical (unpaired) electrons. The van der Waals surface area contributed by atoms with Crippen LogP contribution in [0.15, 0.2) is 48.5 Å². The number of aryl methyl sites for hydroxylation is 2. The molecule has 0 bridgehead atoms. The fourth-order valence-electron chi connectivity index (χ4n) is 3.29. The third-order valence-corrected chi connectivity index (χ3v) is 4.79. The van der Waals surface area contributed by atoms with Crippen LogP contribution in [0.25, 0.3) is 5.57 Å². The highest BCUT2D eigenvalue weighted by Gasteiger charge is 2.12. The van der Waals surface area contributed by atoms with Gasteiger partial charge in [0.05, 0.1) is 12.1 Å². The Morgan fingerprint density at radius 1 is 1.15 bits per heavy atom. The maximum atomic E-state index is 10.8. The average Bonchev–Trinajstić information content (AvgIpc) is 3.15. The fourth-order valence-corrected chi connectivity index (χ4v) is 3.29. The number of carboxylic acid groups (broad SMARTS) is 1. The van der Waals surface area contributed by atoms with E-state index in [9.17, 15) is 4.79 Å². The van der Waals surface area contributed by atoms with Crippen LogP contribution in [0.5, 0.6) is 0 Å². The molecule has 26 heavy (non-hydrogen) atoms. The lowest BCUT2D eigenvalue weighted by Crippen LogP contribution is -2.19. The lowest BCUT2D eigenvalue weighted by molar-refractivity contribution is -0.136. The number of hydrogen-bond acceptors (Lipinski definition) is 3. The molecule has 0 aliphatic carbocycles. The quantitative estimate of drug-likeness (QED) is 0.822. The Balaban J connectivity index is 1.89. The van der Waals surface area contributed by atoms with Gasteiger partial charge in [0.1, 0.15) is 0 Å². The molecule has 0 atom stereocenters. The molecule has 1 aromatic heterocycles. The van der Waals surface area contributed by atoms with Gasteiger partial charge in [0.2, 0.25) is 0 Å². The molecule has 0 saturated carbocycles. The summed E-state index contributed by atoms with van der Waals surface area (Å²) in [5, 5.41) is 8.92. The second-order valence-corrected chi connectivity index (χ2v) is 6.90. The van der Waals surface area contributed by atoms with Crippen LogP contribution in [0.4, 0.5) is 0 Å². The summed E-state index contributed by atoms with van der Waals surface area (Å²) < 4.78 is 0. The smallest absolute Gasteiger partial charge is 0.303 e. The number of carboxylic acids is 1. The van der Waals surface area contributed by atoms with Crippen molar-refractivity contribution in [3.05, 3.63) is 71.1 Å². The molecular formula is C22H26N2O2. The summed E-state index contributed by atoms with van der Waals surface area (Å²) in [5.41, 5.74) is 5.24. The molecule has 2 heterocycles. The Hall–Kier alpha value is -2.46. The van der Waals surface area contributed by atoms with E-state index in [1.807, 2.05) is 18.2 Å². The Morgan fingerprint density at radius 2 is 1.88 bits per heavy atom. The second kappa shape index (κ2) is 8.77. The van der Waals surface area contributed by atoms with E-state index in [4.69, 9.17) is 10.1 Å². The van der Waals surface area contributed by atoms with E-state index in [0.717, 1.165) is 42.2 Å². The zero-order chi connectivity index (χ0) is 18.4. The first-order valence-electron chi connectivity index (χ1n) is 9.29. The summed E-state index contributed by atoms with van der Waals surface area (Å²) in [4.78, 5) is 18.0. The average molecular weight is 350 g/mol. The third kappa shape index (κ3) is 5.02. The zero-order valence-electron chi connectivity index (χ0n) is 15.3. The van der Waals surface area contributed by atoms with Gasteiger partial charge in [-0.1, -0.05) is 42.0 Å². The number of rotatable bonds is 7. The predicted molar refractivity (Wildman–Crippen MR) is 104 cm³/mol. The summed E-state index contributed by atoms with van der Waals surface area (Å²) in [7, 11) is 0. The monoisotopic (exact) mass is 350 g/mol. The Kier molecular flexibility index (Phi) is 6.18. The van der Waals surface area contributed by atoms with Crippen molar-refractivity contribution in [3.63, 3.8) is 0 Å². The van der Waals surface area contributed by atoms with Crippen molar-refractivity contribution in [2.45, 2.75) is 32.6 Å². The number of aromatic nitrogens is 1. The van der Waals surface area contributed by atoms with Gasteiger partial charge in [0, 0.05) is 24.2 Å². The Bertz CT molecular complexity index is 775. The topological polar surface area (TPSA) is 53.4 Å². The number of aliphatic carboxylic acids is 1. The third-order valence-electron chi connectivity index (χ3n) is 4.79. The highest BCUT2D eigenvalue weighted by atomic mass is 16.4. The standard InChI is InChI=1S/C22H26N2O2/c1-17-7-9-18(10-8-17)20(13-16-24-14-2-3-15-24)21-6-4-5-19(23-21)11-12-22(25)26/h4-10,13H,2-3,11-12,14-16H2,1H3,(H,25,26). The first-order chi connectivity index (χ1) is 12.6. The van der Waals surface area contributed by atoms with E-state index < -0.39 is 5.97 Å². The van der Waals surface area contributed by atoms with E-state index in [2.05, 4.69) is 42.2 Å². The summed E-state index contributed by atoms with van der Waals surface area (Å²) >= 11 is 0. The molecule has 1 aromatic carbocycles. The van der Waals surface area contributed by atoms with Crippen LogP contribution in [0, 0.1) is 6.92 Å². The van der Waals surface area contributed by atoms with Crippen LogP contribution in [0.2, 0.25) is 0 Å². The molecule has 2 aromatic rings. The normalized spacial score (nSPS) is 15.3. The minimum Gasteiger partial charge on any atom is -0.481 e. The van der Waals surface area contributed by atoms with Crippen molar-refractivity contribution >= 4 is 11.5 Å². The van der Waals surface area contributed by atoms with Gasteiger partial charge in [0.25, 0.3) is 0 Å². The molecule has 1 N–H and O–H groups in total. The lowest BCUT2D eigenvalue weighted by Gasteiger charge is -2.14. The van der Waals surface area contributed by atoms with Crippen LogP contribution in [0.1, 0.15) is 41.8 Å². The van der Waals surface area contributed by atoms with Gasteiger partial charge in [0.15, 0.2) is 0 Å². The summed E-state index contributed by atoms with van der Waals surface area (Å²) in [5.74, 6) is -0.791. The zero-order valence-corrected chi connectivity index (χ0v) is 15.3. The number of nitrogens with zero attached hydrogens (tertiary/aromatic N) is 2. The molecule has 4 nitrogen and oxygen atoms in total. The van der Waals surface area contributed by atoms with Gasteiger partial charge in [-0.3, -0.25) is 14.7 Å². The van der Waals surface area contributed by atoms with Crippen LogP contribution in [0.3, 0.4) is 0 Å². The van der Waals surface area contributed by atoms with Crippen molar-refractivity contribution < 1.29 is 9.90 Å². The highest BCUT2D eigenvalue weighted by molar-refractivity contribution is 5.78. The van der Waals surface area contributed by atoms with Crippen molar-refractivity contribution in [1.82, 2.24) is 9.88 Å². The summed E-state index contributed by atoms with van der Waals surface area (Å²) in [6.07, 6.45) is 5.37. The van der Waals surface area contributed by atoms with Crippen molar-refractivity contribution in [2.24, 2.45) is 0 Å². The van der Waals surface area contributed by atoms with E-state index in [0.29, 0.717) is 6.42 Å². The van der Waals surface area contributed by atoms with Crippen LogP contribution < -0.4 is 0 Å². The van der Waals surface area contributed by atoms with Gasteiger partial charge in [-0.25, -0.2) is 0 Å². The first-order valence-corrected chi connectivity index (χ1v) is 9.29. The molecule has 3 rings (SSSR count). The molecule has 0 unspecified atom stereocenters. The summed E-state index contributed by atoms with van der Waals surface area (Å²) in [6, 6.07) is 14.4. The first kappa shape index (κ1) is 18.3. The molecule has 0 amide bonds. The second-order valence-electron chi connectivity index (χ2n) is 6.90. The predicted octanol–water partition coefficient (Wildman–Crippen LogP) is 3.93. The van der Waals surface area contributed by atoms with Crippen molar-refractivity contribution in [2.75, 3.05) is 19.6 Å². The number of hydrogen-bond donors (Lipinski definition) is 1. The molecule has 1 fully saturated rings. The SMILES string of the molecule is Cc1ccc(C(=CCN2CCCC2)c2cccc(CCC(=O)O)n2)cc1. The Labute approximate surface area is 155 Å². The number of carbonyl (C=O) groups is 1. The van der Waals surface area contributed by atoms with Crippen LogP contribution in [-0.2, 0) is 11.2 Å². The lowest BCUT2D eigenvalue weighted by atomic mass is 10.00. The van der Waals surface area contributed by atoms with E-state index in [-0.39, 0.29) is 6.42 Å². The number of benzene rings is 1. The maximum Gasteiger partial charge on any atom is 0.303 e. The molecular weight excluding hydrogens is 324 g/mol. The van der Waals surface area contributed by atoms with E-state index in [1.54, 1.807) is 0 Å². The molecule has 1 saturated heterocycles. The highest BCUT2D eigenvalue weighted by Crippen LogP contribution is 2.23. The van der Waals surface area contributed by atoms with Crippen LogP contribution in [-0.4, -0.2) is 40.6 Å². The van der Waals surface area contributed by atoms with Gasteiger partial charge < -0.3 is 5.11 Å². The fraction of sp³-hybridized carbons (Fsp3) is 0.364. The van der Waals surface area contributed by atoms with Gasteiger partial charge >= 0.3 is 5.97 Å². The van der Waals surface area contributed by atoms with Gasteiger partial charge in [-0.2, -0.15) is 0 Å². The molecule has 1 aliphatic heterocycles. The van der Waals surface area contributed by atoms with Gasteiger partial charge in [-0.05, 0) is 50.6 Å². The van der Waals surface area contributed by atoms with E-state index >= 15 is 0 Å². The Morgan fingerprint density at radius 3 is 2.58 bits per heavy atom. The summed E-state index contributed by atoms with van der Waals surface area (Å²) in [6.45, 7) is 5.32.